The van der Waals surface area contributed by atoms with Crippen molar-refractivity contribution in [2.45, 2.75) is 48.6 Å². The Labute approximate surface area is 172 Å². The summed E-state index contributed by atoms with van der Waals surface area (Å²) in [5.41, 5.74) is 0.303. The maximum atomic E-state index is 13.2. The van der Waals surface area contributed by atoms with Crippen LogP contribution in [0.3, 0.4) is 0 Å². The van der Waals surface area contributed by atoms with E-state index in [0.29, 0.717) is 17.5 Å². The van der Waals surface area contributed by atoms with Gasteiger partial charge in [0.15, 0.2) is 0 Å². The van der Waals surface area contributed by atoms with Gasteiger partial charge in [0.25, 0.3) is 0 Å². The fourth-order valence-electron chi connectivity index (χ4n) is 4.31. The summed E-state index contributed by atoms with van der Waals surface area (Å²) in [4.78, 5) is 16.1. The molecule has 0 aromatic heterocycles. The molecule has 2 aliphatic rings. The molecule has 0 unspecified atom stereocenters. The molecule has 29 heavy (non-hydrogen) atoms. The van der Waals surface area contributed by atoms with Crippen molar-refractivity contribution in [1.82, 2.24) is 0 Å². The quantitative estimate of drug-likeness (QED) is 0.603. The van der Waals surface area contributed by atoms with E-state index in [4.69, 9.17) is 0 Å². The second-order valence-corrected chi connectivity index (χ2v) is 9.03. The molecule has 2 aromatic rings. The lowest BCUT2D eigenvalue weighted by atomic mass is 9.73. The highest BCUT2D eigenvalue weighted by Crippen LogP contribution is 2.49. The first-order valence-corrected chi connectivity index (χ1v) is 10.6. The van der Waals surface area contributed by atoms with Crippen LogP contribution in [0.25, 0.3) is 0 Å². The van der Waals surface area contributed by atoms with Crippen molar-refractivity contribution in [1.29, 1.82) is 0 Å². The summed E-state index contributed by atoms with van der Waals surface area (Å²) in [5, 5.41) is 0.517. The number of amides is 1. The monoisotopic (exact) mass is 421 g/mol. The Morgan fingerprint density at radius 2 is 1.62 bits per heavy atom. The van der Waals surface area contributed by atoms with Crippen LogP contribution in [-0.4, -0.2) is 24.1 Å². The largest absolute Gasteiger partial charge is 0.573 e. The molecule has 3 nitrogen and oxygen atoms in total. The second kappa shape index (κ2) is 7.94. The zero-order valence-electron chi connectivity index (χ0n) is 15.8. The Morgan fingerprint density at radius 3 is 2.24 bits per heavy atom. The van der Waals surface area contributed by atoms with E-state index in [0.717, 1.165) is 32.1 Å². The van der Waals surface area contributed by atoms with Gasteiger partial charge >= 0.3 is 6.36 Å². The number of rotatable bonds is 4. The van der Waals surface area contributed by atoms with Crippen molar-refractivity contribution in [3.05, 3.63) is 54.6 Å². The second-order valence-electron chi connectivity index (χ2n) is 7.66. The average molecular weight is 421 g/mol. The van der Waals surface area contributed by atoms with Gasteiger partial charge in [-0.15, -0.1) is 24.9 Å². The Bertz CT molecular complexity index is 847. The first-order chi connectivity index (χ1) is 13.8. The third-order valence-corrected chi connectivity index (χ3v) is 7.18. The average Bonchev–Trinajstić information content (AvgIpc) is 3.00. The van der Waals surface area contributed by atoms with E-state index in [1.807, 2.05) is 30.0 Å². The van der Waals surface area contributed by atoms with E-state index in [1.165, 1.54) is 29.2 Å². The number of halogens is 3. The van der Waals surface area contributed by atoms with Gasteiger partial charge in [0.05, 0.1) is 5.41 Å². The van der Waals surface area contributed by atoms with Crippen LogP contribution < -0.4 is 9.64 Å². The molecular weight excluding hydrogens is 399 g/mol. The highest BCUT2D eigenvalue weighted by Gasteiger charge is 2.48. The predicted octanol–water partition coefficient (Wildman–Crippen LogP) is 6.04. The first kappa shape index (κ1) is 20.1. The van der Waals surface area contributed by atoms with Crippen molar-refractivity contribution in [2.24, 2.45) is 5.41 Å². The number of hydrogen-bond donors (Lipinski definition) is 0. The van der Waals surface area contributed by atoms with Crippen LogP contribution in [0.15, 0.2) is 59.5 Å². The van der Waals surface area contributed by atoms with Crippen LogP contribution in [0.4, 0.5) is 18.9 Å². The minimum Gasteiger partial charge on any atom is -0.406 e. The summed E-state index contributed by atoms with van der Waals surface area (Å²) in [5.74, 6) is -0.175. The summed E-state index contributed by atoms with van der Waals surface area (Å²) < 4.78 is 40.9. The third-order valence-electron chi connectivity index (χ3n) is 5.83. The topological polar surface area (TPSA) is 29.5 Å². The van der Waals surface area contributed by atoms with Crippen molar-refractivity contribution in [3.8, 4) is 5.75 Å². The van der Waals surface area contributed by atoms with E-state index in [1.54, 1.807) is 4.90 Å². The molecule has 1 saturated carbocycles. The molecular formula is C22H22F3NO2S. The molecule has 0 N–H and O–H groups in total. The zero-order valence-corrected chi connectivity index (χ0v) is 16.6. The Kier molecular flexibility index (Phi) is 5.51. The smallest absolute Gasteiger partial charge is 0.406 e. The number of thioether (sulfide) groups is 1. The molecule has 2 aromatic carbocycles. The van der Waals surface area contributed by atoms with Gasteiger partial charge in [0.1, 0.15) is 5.75 Å². The Balaban J connectivity index is 1.38. The van der Waals surface area contributed by atoms with Crippen LogP contribution in [0.1, 0.15) is 32.1 Å². The SMILES string of the molecule is O=C1N(c2ccc(OC(F)(F)F)cc2)CC[C@]12CC[C@H](Sc1ccccc1)CC2. The number of ether oxygens (including phenoxy) is 1. The lowest BCUT2D eigenvalue weighted by Crippen LogP contribution is -2.38. The standard InChI is InChI=1S/C22H22F3NO2S/c23-22(24,25)28-17-8-6-16(7-9-17)26-15-14-21(20(26)27)12-10-19(11-13-21)29-18-4-2-1-3-5-18/h1-9,19H,10-15H2/t19-,21+. The van der Waals surface area contributed by atoms with Crippen LogP contribution in [-0.2, 0) is 4.79 Å². The van der Waals surface area contributed by atoms with Crippen LogP contribution in [0.2, 0.25) is 0 Å². The molecule has 1 aliphatic carbocycles. The van der Waals surface area contributed by atoms with Gasteiger partial charge in [-0.2, -0.15) is 0 Å². The highest BCUT2D eigenvalue weighted by molar-refractivity contribution is 8.00. The predicted molar refractivity (Wildman–Crippen MR) is 107 cm³/mol. The molecule has 0 atom stereocenters. The zero-order chi connectivity index (χ0) is 20.5. The Morgan fingerprint density at radius 1 is 0.966 bits per heavy atom. The summed E-state index contributed by atoms with van der Waals surface area (Å²) >= 11 is 1.88. The lowest BCUT2D eigenvalue weighted by molar-refractivity contribution is -0.274. The molecule has 0 radical (unpaired) electrons. The van der Waals surface area contributed by atoms with Crippen molar-refractivity contribution in [3.63, 3.8) is 0 Å². The van der Waals surface area contributed by atoms with Gasteiger partial charge < -0.3 is 9.64 Å². The van der Waals surface area contributed by atoms with Gasteiger partial charge in [0, 0.05) is 22.4 Å². The summed E-state index contributed by atoms with van der Waals surface area (Å²) in [6.07, 6.45) is -0.194. The normalized spacial score (nSPS) is 24.9. The number of hydrogen-bond acceptors (Lipinski definition) is 3. The van der Waals surface area contributed by atoms with Gasteiger partial charge in [-0.1, -0.05) is 18.2 Å². The fourth-order valence-corrected chi connectivity index (χ4v) is 5.48. The van der Waals surface area contributed by atoms with E-state index in [9.17, 15) is 18.0 Å². The van der Waals surface area contributed by atoms with E-state index < -0.39 is 6.36 Å². The molecule has 1 heterocycles. The molecule has 2 fully saturated rings. The number of carbonyl (C=O) groups excluding carboxylic acids is 1. The molecule has 154 valence electrons. The number of carbonyl (C=O) groups is 1. The van der Waals surface area contributed by atoms with Crippen LogP contribution in [0, 0.1) is 5.41 Å². The molecule has 4 rings (SSSR count). The van der Waals surface area contributed by atoms with Gasteiger partial charge in [0.2, 0.25) is 5.91 Å². The summed E-state index contributed by atoms with van der Waals surface area (Å²) in [6.45, 7) is 0.606. The van der Waals surface area contributed by atoms with E-state index >= 15 is 0 Å². The fraction of sp³-hybridized carbons (Fsp3) is 0.409. The third kappa shape index (κ3) is 4.55. The van der Waals surface area contributed by atoms with Crippen LogP contribution >= 0.6 is 11.8 Å². The Hall–Kier alpha value is -2.15. The van der Waals surface area contributed by atoms with Crippen molar-refractivity contribution < 1.29 is 22.7 Å². The summed E-state index contributed by atoms with van der Waals surface area (Å²) in [7, 11) is 0. The molecule has 1 spiro atoms. The number of anilines is 1. The number of nitrogens with zero attached hydrogens (tertiary/aromatic N) is 1. The lowest BCUT2D eigenvalue weighted by Gasteiger charge is -2.35. The number of alkyl halides is 3. The van der Waals surface area contributed by atoms with Gasteiger partial charge in [-0.3, -0.25) is 4.79 Å². The minimum absolute atomic E-state index is 0.102. The molecule has 1 aliphatic heterocycles. The molecule has 1 amide bonds. The van der Waals surface area contributed by atoms with Crippen molar-refractivity contribution in [2.75, 3.05) is 11.4 Å². The first-order valence-electron chi connectivity index (χ1n) is 9.74. The molecule has 7 heteroatoms. The van der Waals surface area contributed by atoms with E-state index in [2.05, 4.69) is 16.9 Å². The van der Waals surface area contributed by atoms with Crippen LogP contribution in [0.5, 0.6) is 5.75 Å². The molecule has 0 bridgehead atoms. The minimum atomic E-state index is -4.72. The number of benzene rings is 2. The van der Waals surface area contributed by atoms with Gasteiger partial charge in [-0.05, 0) is 68.5 Å². The molecule has 1 saturated heterocycles. The maximum absolute atomic E-state index is 13.2. The maximum Gasteiger partial charge on any atom is 0.573 e. The van der Waals surface area contributed by atoms with Gasteiger partial charge in [-0.25, -0.2) is 0 Å². The summed E-state index contributed by atoms with van der Waals surface area (Å²) in [6, 6.07) is 15.9. The van der Waals surface area contributed by atoms with E-state index in [-0.39, 0.29) is 17.1 Å². The highest BCUT2D eigenvalue weighted by atomic mass is 32.2. The van der Waals surface area contributed by atoms with Crippen molar-refractivity contribution >= 4 is 23.4 Å².